The Kier molecular flexibility index (Phi) is 2.32. The molecule has 0 radical (unpaired) electrons. The van der Waals surface area contributed by atoms with Crippen LogP contribution in [0.2, 0.25) is 0 Å². The third kappa shape index (κ3) is 1.94. The number of hydrogen-bond donors (Lipinski definition) is 1. The number of rotatable bonds is 2. The van der Waals surface area contributed by atoms with Crippen LogP contribution in [0.25, 0.3) is 0 Å². The van der Waals surface area contributed by atoms with E-state index >= 15 is 0 Å². The predicted octanol–water partition coefficient (Wildman–Crippen LogP) is 0.952. The normalized spacial score (nSPS) is 47.5. The molecule has 2 bridgehead atoms. The van der Waals surface area contributed by atoms with Gasteiger partial charge in [-0.3, -0.25) is 0 Å². The Bertz CT molecular complexity index is 352. The second-order valence-electron chi connectivity index (χ2n) is 5.55. The lowest BCUT2D eigenvalue weighted by Gasteiger charge is -2.25. The summed E-state index contributed by atoms with van der Waals surface area (Å²) in [6.45, 7) is 0. The number of sulfone groups is 1. The van der Waals surface area contributed by atoms with Gasteiger partial charge in [0.15, 0.2) is 9.84 Å². The van der Waals surface area contributed by atoms with Crippen LogP contribution in [-0.2, 0) is 9.84 Å². The van der Waals surface area contributed by atoms with E-state index in [0.29, 0.717) is 17.5 Å². The average molecular weight is 229 g/mol. The van der Waals surface area contributed by atoms with E-state index in [1.165, 1.54) is 25.7 Å². The molecule has 3 fully saturated rings. The van der Waals surface area contributed by atoms with Crippen molar-refractivity contribution in [3.8, 4) is 0 Å². The first-order chi connectivity index (χ1) is 7.12. The minimum atomic E-state index is -2.71. The molecule has 2 aliphatic carbocycles. The molecule has 1 heterocycles. The van der Waals surface area contributed by atoms with E-state index in [4.69, 9.17) is 0 Å². The van der Waals surface area contributed by atoms with Gasteiger partial charge in [0.05, 0.1) is 11.5 Å². The van der Waals surface area contributed by atoms with Crippen LogP contribution in [0.4, 0.5) is 0 Å². The SMILES string of the molecule is O=S1(=O)CC[C@@H](N[C@H]2C[C@H]3CC[C@H]2C3)C1. The molecule has 0 aromatic heterocycles. The van der Waals surface area contributed by atoms with Crippen molar-refractivity contribution in [2.45, 2.75) is 44.2 Å². The maximum absolute atomic E-state index is 11.3. The summed E-state index contributed by atoms with van der Waals surface area (Å²) in [6.07, 6.45) is 6.28. The van der Waals surface area contributed by atoms with Gasteiger partial charge in [0.25, 0.3) is 0 Å². The van der Waals surface area contributed by atoms with Crippen LogP contribution in [0.3, 0.4) is 0 Å². The first kappa shape index (κ1) is 10.1. The minimum Gasteiger partial charge on any atom is -0.310 e. The van der Waals surface area contributed by atoms with E-state index in [9.17, 15) is 8.42 Å². The van der Waals surface area contributed by atoms with Gasteiger partial charge < -0.3 is 5.32 Å². The quantitative estimate of drug-likeness (QED) is 0.767. The average Bonchev–Trinajstić information content (AvgIpc) is 2.81. The van der Waals surface area contributed by atoms with E-state index < -0.39 is 9.84 Å². The first-order valence-electron chi connectivity index (χ1n) is 6.09. The molecule has 0 aromatic carbocycles. The van der Waals surface area contributed by atoms with Crippen molar-refractivity contribution >= 4 is 9.84 Å². The number of hydrogen-bond acceptors (Lipinski definition) is 3. The summed E-state index contributed by atoms with van der Waals surface area (Å²) in [4.78, 5) is 0. The molecule has 1 N–H and O–H groups in total. The van der Waals surface area contributed by atoms with Crippen molar-refractivity contribution in [3.63, 3.8) is 0 Å². The Morgan fingerprint density at radius 1 is 1.07 bits per heavy atom. The molecule has 1 saturated heterocycles. The van der Waals surface area contributed by atoms with Crippen molar-refractivity contribution in [2.24, 2.45) is 11.8 Å². The van der Waals surface area contributed by atoms with Crippen LogP contribution < -0.4 is 5.32 Å². The zero-order valence-corrected chi connectivity index (χ0v) is 9.80. The zero-order chi connectivity index (χ0) is 10.5. The highest BCUT2D eigenvalue weighted by atomic mass is 32.2. The van der Waals surface area contributed by atoms with E-state index in [1.807, 2.05) is 0 Å². The van der Waals surface area contributed by atoms with Gasteiger partial charge in [0.2, 0.25) is 0 Å². The molecule has 0 unspecified atom stereocenters. The van der Waals surface area contributed by atoms with Gasteiger partial charge in [0, 0.05) is 12.1 Å². The van der Waals surface area contributed by atoms with Gasteiger partial charge in [0.1, 0.15) is 0 Å². The van der Waals surface area contributed by atoms with Crippen LogP contribution in [0.1, 0.15) is 32.1 Å². The Morgan fingerprint density at radius 2 is 1.93 bits per heavy atom. The summed E-state index contributed by atoms with van der Waals surface area (Å²) >= 11 is 0. The Balaban J connectivity index is 1.58. The van der Waals surface area contributed by atoms with E-state index in [2.05, 4.69) is 5.32 Å². The Morgan fingerprint density at radius 3 is 2.47 bits per heavy atom. The van der Waals surface area contributed by atoms with Crippen LogP contribution in [0.5, 0.6) is 0 Å². The summed E-state index contributed by atoms with van der Waals surface area (Å²) in [5.74, 6) is 2.55. The molecule has 0 aromatic rings. The van der Waals surface area contributed by atoms with Crippen LogP contribution >= 0.6 is 0 Å². The van der Waals surface area contributed by atoms with Gasteiger partial charge in [-0.05, 0) is 37.5 Å². The molecule has 3 aliphatic rings. The van der Waals surface area contributed by atoms with E-state index in [1.54, 1.807) is 0 Å². The van der Waals surface area contributed by atoms with Gasteiger partial charge in [-0.15, -0.1) is 0 Å². The summed E-state index contributed by atoms with van der Waals surface area (Å²) in [6, 6.07) is 0.876. The summed E-state index contributed by atoms with van der Waals surface area (Å²) < 4.78 is 22.7. The van der Waals surface area contributed by atoms with Crippen molar-refractivity contribution in [1.82, 2.24) is 5.32 Å². The van der Waals surface area contributed by atoms with Crippen LogP contribution in [0.15, 0.2) is 0 Å². The molecule has 15 heavy (non-hydrogen) atoms. The molecule has 1 aliphatic heterocycles. The fourth-order valence-electron chi connectivity index (χ4n) is 3.68. The lowest BCUT2D eigenvalue weighted by molar-refractivity contribution is 0.326. The van der Waals surface area contributed by atoms with E-state index in [-0.39, 0.29) is 6.04 Å². The summed E-state index contributed by atoms with van der Waals surface area (Å²) in [7, 11) is -2.71. The number of fused-ring (bicyclic) bond motifs is 2. The highest BCUT2D eigenvalue weighted by Gasteiger charge is 2.41. The van der Waals surface area contributed by atoms with Crippen molar-refractivity contribution in [2.75, 3.05) is 11.5 Å². The van der Waals surface area contributed by atoms with Crippen LogP contribution in [0, 0.1) is 11.8 Å². The van der Waals surface area contributed by atoms with Gasteiger partial charge in [-0.1, -0.05) is 6.42 Å². The van der Waals surface area contributed by atoms with Gasteiger partial charge in [-0.2, -0.15) is 0 Å². The lowest BCUT2D eigenvalue weighted by Crippen LogP contribution is -2.41. The standard InChI is InChI=1S/C11H19NO2S/c13-15(14)4-3-10(7-15)12-11-6-8-1-2-9(11)5-8/h8-12H,1-7H2/t8-,9-,10+,11-/m0/s1. The second-order valence-corrected chi connectivity index (χ2v) is 7.78. The minimum absolute atomic E-state index is 0.249. The topological polar surface area (TPSA) is 46.2 Å². The fraction of sp³-hybridized carbons (Fsp3) is 1.00. The van der Waals surface area contributed by atoms with Crippen molar-refractivity contribution < 1.29 is 8.42 Å². The lowest BCUT2D eigenvalue weighted by atomic mass is 9.94. The molecular weight excluding hydrogens is 210 g/mol. The smallest absolute Gasteiger partial charge is 0.151 e. The summed E-state index contributed by atoms with van der Waals surface area (Å²) in [5.41, 5.74) is 0. The second kappa shape index (κ2) is 3.45. The first-order valence-corrected chi connectivity index (χ1v) is 7.91. The molecule has 0 amide bonds. The monoisotopic (exact) mass is 229 g/mol. The maximum atomic E-state index is 11.3. The summed E-state index contributed by atoms with van der Waals surface area (Å²) in [5, 5.41) is 3.59. The number of nitrogens with one attached hydrogen (secondary N) is 1. The van der Waals surface area contributed by atoms with E-state index in [0.717, 1.165) is 18.3 Å². The molecule has 4 atom stereocenters. The maximum Gasteiger partial charge on any atom is 0.151 e. The molecule has 0 spiro atoms. The highest BCUT2D eigenvalue weighted by molar-refractivity contribution is 7.91. The highest BCUT2D eigenvalue weighted by Crippen LogP contribution is 2.44. The van der Waals surface area contributed by atoms with Gasteiger partial charge >= 0.3 is 0 Å². The van der Waals surface area contributed by atoms with Gasteiger partial charge in [-0.25, -0.2) is 8.42 Å². The van der Waals surface area contributed by atoms with Crippen molar-refractivity contribution in [3.05, 3.63) is 0 Å². The Hall–Kier alpha value is -0.0900. The molecule has 4 heteroatoms. The molecule has 86 valence electrons. The third-order valence-electron chi connectivity index (χ3n) is 4.42. The zero-order valence-electron chi connectivity index (χ0n) is 8.98. The fourth-order valence-corrected chi connectivity index (χ4v) is 5.36. The molecule has 2 saturated carbocycles. The Labute approximate surface area is 91.5 Å². The molecular formula is C11H19NO2S. The largest absolute Gasteiger partial charge is 0.310 e. The molecule has 3 nitrogen and oxygen atoms in total. The van der Waals surface area contributed by atoms with Crippen LogP contribution in [-0.4, -0.2) is 32.0 Å². The molecule has 3 rings (SSSR count). The third-order valence-corrected chi connectivity index (χ3v) is 6.19. The van der Waals surface area contributed by atoms with Crippen molar-refractivity contribution in [1.29, 1.82) is 0 Å². The predicted molar refractivity (Wildman–Crippen MR) is 59.4 cm³/mol.